The van der Waals surface area contributed by atoms with Crippen molar-refractivity contribution in [3.8, 4) is 5.75 Å². The fourth-order valence-corrected chi connectivity index (χ4v) is 3.08. The highest BCUT2D eigenvalue weighted by atomic mass is 16.5. The van der Waals surface area contributed by atoms with Crippen LogP contribution in [0.2, 0.25) is 0 Å². The number of aliphatic imine (C=N–C) groups is 1. The van der Waals surface area contributed by atoms with Crippen molar-refractivity contribution < 1.29 is 4.74 Å². The van der Waals surface area contributed by atoms with E-state index in [1.54, 1.807) is 7.11 Å². The molecule has 1 fully saturated rings. The third-order valence-electron chi connectivity index (χ3n) is 4.27. The van der Waals surface area contributed by atoms with Crippen molar-refractivity contribution in [1.82, 2.24) is 15.5 Å². The van der Waals surface area contributed by atoms with Crippen molar-refractivity contribution in [3.63, 3.8) is 0 Å². The molecule has 0 aromatic heterocycles. The van der Waals surface area contributed by atoms with Gasteiger partial charge in [-0.1, -0.05) is 12.1 Å². The van der Waals surface area contributed by atoms with E-state index in [1.165, 1.54) is 18.4 Å². The van der Waals surface area contributed by atoms with Crippen LogP contribution in [-0.2, 0) is 0 Å². The molecule has 2 rings (SSSR count). The first-order chi connectivity index (χ1) is 11.6. The molecule has 134 valence electrons. The number of hydrogen-bond acceptors (Lipinski definition) is 3. The second-order valence-electron chi connectivity index (χ2n) is 6.55. The molecule has 5 nitrogen and oxygen atoms in total. The lowest BCUT2D eigenvalue weighted by molar-refractivity contribution is 0.251. The normalized spacial score (nSPS) is 17.1. The predicted octanol–water partition coefficient (Wildman–Crippen LogP) is 2.80. The summed E-state index contributed by atoms with van der Waals surface area (Å²) >= 11 is 0. The van der Waals surface area contributed by atoms with Crippen molar-refractivity contribution in [2.45, 2.75) is 45.7 Å². The molecule has 0 spiro atoms. The smallest absolute Gasteiger partial charge is 0.191 e. The van der Waals surface area contributed by atoms with Gasteiger partial charge in [-0.25, -0.2) is 0 Å². The van der Waals surface area contributed by atoms with Crippen molar-refractivity contribution in [1.29, 1.82) is 0 Å². The molecular formula is C19H32N4O. The van der Waals surface area contributed by atoms with Gasteiger partial charge in [-0.3, -0.25) is 9.89 Å². The molecule has 0 radical (unpaired) electrons. The van der Waals surface area contributed by atoms with Gasteiger partial charge in [0, 0.05) is 12.6 Å². The molecular weight excluding hydrogens is 300 g/mol. The molecule has 1 heterocycles. The van der Waals surface area contributed by atoms with Crippen molar-refractivity contribution >= 4 is 5.96 Å². The summed E-state index contributed by atoms with van der Waals surface area (Å²) in [5.41, 5.74) is 1.31. The largest absolute Gasteiger partial charge is 0.497 e. The van der Waals surface area contributed by atoms with Gasteiger partial charge in [0.25, 0.3) is 0 Å². The van der Waals surface area contributed by atoms with Gasteiger partial charge in [-0.15, -0.1) is 0 Å². The number of methoxy groups -OCH3 is 1. The fraction of sp³-hybridized carbons (Fsp3) is 0.632. The van der Waals surface area contributed by atoms with E-state index in [0.717, 1.165) is 37.9 Å². The van der Waals surface area contributed by atoms with Crippen LogP contribution in [0.3, 0.4) is 0 Å². The van der Waals surface area contributed by atoms with Gasteiger partial charge in [-0.2, -0.15) is 0 Å². The van der Waals surface area contributed by atoms with Crippen LogP contribution in [-0.4, -0.2) is 50.2 Å². The summed E-state index contributed by atoms with van der Waals surface area (Å²) in [6, 6.07) is 9.11. The summed E-state index contributed by atoms with van der Waals surface area (Å²) in [6.07, 6.45) is 2.56. The number of ether oxygens (including phenoxy) is 1. The number of benzene rings is 1. The standard InChI is InChI=1S/C19H32N4O/c1-5-20-19(22-15(2)3)21-14-18(23-12-6-7-13-23)16-8-10-17(24-4)11-9-16/h8-11,15,18H,5-7,12-14H2,1-4H3,(H2,20,21,22). The molecule has 1 saturated heterocycles. The first-order valence-corrected chi connectivity index (χ1v) is 9.07. The SMILES string of the molecule is CCNC(=NCC(c1ccc(OC)cc1)N1CCCC1)NC(C)C. The molecule has 1 atom stereocenters. The van der Waals surface area contributed by atoms with E-state index in [4.69, 9.17) is 9.73 Å². The average Bonchev–Trinajstić information content (AvgIpc) is 3.09. The Balaban J connectivity index is 2.15. The zero-order chi connectivity index (χ0) is 17.4. The zero-order valence-electron chi connectivity index (χ0n) is 15.5. The van der Waals surface area contributed by atoms with Gasteiger partial charge < -0.3 is 15.4 Å². The molecule has 1 aliphatic rings. The molecule has 0 saturated carbocycles. The summed E-state index contributed by atoms with van der Waals surface area (Å²) in [7, 11) is 1.71. The Morgan fingerprint density at radius 2 is 1.88 bits per heavy atom. The second kappa shape index (κ2) is 9.52. The third kappa shape index (κ3) is 5.41. The molecule has 2 N–H and O–H groups in total. The van der Waals surface area contributed by atoms with Gasteiger partial charge in [0.2, 0.25) is 0 Å². The lowest BCUT2D eigenvalue weighted by Gasteiger charge is -2.27. The number of guanidine groups is 1. The summed E-state index contributed by atoms with van der Waals surface area (Å²) < 4.78 is 5.29. The first-order valence-electron chi connectivity index (χ1n) is 9.07. The Hall–Kier alpha value is -1.75. The topological polar surface area (TPSA) is 48.9 Å². The second-order valence-corrected chi connectivity index (χ2v) is 6.55. The maximum Gasteiger partial charge on any atom is 0.191 e. The van der Waals surface area contributed by atoms with Gasteiger partial charge in [0.1, 0.15) is 5.75 Å². The summed E-state index contributed by atoms with van der Waals surface area (Å²) in [5, 5.41) is 6.73. The van der Waals surface area contributed by atoms with E-state index in [-0.39, 0.29) is 0 Å². The van der Waals surface area contributed by atoms with E-state index in [9.17, 15) is 0 Å². The molecule has 1 aromatic rings. The first kappa shape index (κ1) is 18.6. The number of likely N-dealkylation sites (tertiary alicyclic amines) is 1. The molecule has 1 aliphatic heterocycles. The number of nitrogens with one attached hydrogen (secondary N) is 2. The van der Waals surface area contributed by atoms with Crippen LogP contribution in [0.1, 0.15) is 45.2 Å². The minimum Gasteiger partial charge on any atom is -0.497 e. The van der Waals surface area contributed by atoms with Crippen molar-refractivity contribution in [3.05, 3.63) is 29.8 Å². The fourth-order valence-electron chi connectivity index (χ4n) is 3.08. The van der Waals surface area contributed by atoms with Crippen LogP contribution in [0.4, 0.5) is 0 Å². The molecule has 1 aromatic carbocycles. The van der Waals surface area contributed by atoms with Crippen LogP contribution in [0.25, 0.3) is 0 Å². The molecule has 24 heavy (non-hydrogen) atoms. The van der Waals surface area contributed by atoms with Crippen LogP contribution < -0.4 is 15.4 Å². The highest BCUT2D eigenvalue weighted by Gasteiger charge is 2.23. The van der Waals surface area contributed by atoms with E-state index >= 15 is 0 Å². The summed E-state index contributed by atoms with van der Waals surface area (Å²) in [4.78, 5) is 7.38. The van der Waals surface area contributed by atoms with Crippen LogP contribution >= 0.6 is 0 Å². The van der Waals surface area contributed by atoms with E-state index in [2.05, 4.69) is 48.4 Å². The van der Waals surface area contributed by atoms with Crippen LogP contribution in [0, 0.1) is 0 Å². The Morgan fingerprint density at radius 3 is 2.42 bits per heavy atom. The highest BCUT2D eigenvalue weighted by Crippen LogP contribution is 2.27. The van der Waals surface area contributed by atoms with Crippen LogP contribution in [0.5, 0.6) is 5.75 Å². The minimum absolute atomic E-state index is 0.320. The zero-order valence-corrected chi connectivity index (χ0v) is 15.5. The van der Waals surface area contributed by atoms with E-state index in [1.807, 2.05) is 12.1 Å². The Kier molecular flexibility index (Phi) is 7.37. The maximum atomic E-state index is 5.29. The lowest BCUT2D eigenvalue weighted by atomic mass is 10.1. The van der Waals surface area contributed by atoms with Gasteiger partial charge in [-0.05, 0) is 64.4 Å². The number of rotatable bonds is 7. The number of hydrogen-bond donors (Lipinski definition) is 2. The Morgan fingerprint density at radius 1 is 1.21 bits per heavy atom. The van der Waals surface area contributed by atoms with E-state index in [0.29, 0.717) is 12.1 Å². The summed E-state index contributed by atoms with van der Waals surface area (Å²) in [5.74, 6) is 1.79. The van der Waals surface area contributed by atoms with Gasteiger partial charge >= 0.3 is 0 Å². The highest BCUT2D eigenvalue weighted by molar-refractivity contribution is 5.80. The average molecular weight is 332 g/mol. The molecule has 0 aliphatic carbocycles. The quantitative estimate of drug-likeness (QED) is 0.595. The maximum absolute atomic E-state index is 5.29. The van der Waals surface area contributed by atoms with Crippen molar-refractivity contribution in [2.75, 3.05) is 33.3 Å². The van der Waals surface area contributed by atoms with Gasteiger partial charge in [0.05, 0.1) is 19.7 Å². The minimum atomic E-state index is 0.320. The van der Waals surface area contributed by atoms with E-state index < -0.39 is 0 Å². The Labute approximate surface area is 146 Å². The molecule has 5 heteroatoms. The van der Waals surface area contributed by atoms with Gasteiger partial charge in [0.15, 0.2) is 5.96 Å². The monoisotopic (exact) mass is 332 g/mol. The predicted molar refractivity (Wildman–Crippen MR) is 101 cm³/mol. The lowest BCUT2D eigenvalue weighted by Crippen LogP contribution is -2.41. The summed E-state index contributed by atoms with van der Waals surface area (Å²) in [6.45, 7) is 10.3. The Bertz CT molecular complexity index is 507. The molecule has 0 bridgehead atoms. The molecule has 1 unspecified atom stereocenters. The number of nitrogens with zero attached hydrogens (tertiary/aromatic N) is 2. The van der Waals surface area contributed by atoms with Crippen LogP contribution in [0.15, 0.2) is 29.3 Å². The molecule has 0 amide bonds. The van der Waals surface area contributed by atoms with Crippen molar-refractivity contribution in [2.24, 2.45) is 4.99 Å². The third-order valence-corrected chi connectivity index (χ3v) is 4.27.